The van der Waals surface area contributed by atoms with Gasteiger partial charge in [-0.05, 0) is 42.2 Å². The molecule has 2 aromatic heterocycles. The van der Waals surface area contributed by atoms with Crippen molar-refractivity contribution in [3.05, 3.63) is 74.6 Å². The number of carbonyl (C=O) groups excluding carboxylic acids is 1. The SMILES string of the molecule is CCC(C(N)=O)n1c(Cc2cccc3ccccc23)nc2sc(C)c(C)c2c1=O. The van der Waals surface area contributed by atoms with Crippen LogP contribution < -0.4 is 11.3 Å². The normalized spacial score (nSPS) is 12.5. The van der Waals surface area contributed by atoms with E-state index in [1.165, 1.54) is 15.9 Å². The quantitative estimate of drug-likeness (QED) is 0.539. The van der Waals surface area contributed by atoms with Crippen LogP contribution in [-0.2, 0) is 11.2 Å². The van der Waals surface area contributed by atoms with E-state index in [1.807, 2.05) is 45.0 Å². The predicted octanol–water partition coefficient (Wildman–Crippen LogP) is 4.26. The van der Waals surface area contributed by atoms with Gasteiger partial charge in [-0.1, -0.05) is 49.4 Å². The number of primary amides is 1. The third-order valence-corrected chi connectivity index (χ3v) is 6.66. The zero-order chi connectivity index (χ0) is 20.7. The van der Waals surface area contributed by atoms with Crippen LogP contribution in [0.1, 0.15) is 41.2 Å². The van der Waals surface area contributed by atoms with Gasteiger partial charge in [0, 0.05) is 11.3 Å². The summed E-state index contributed by atoms with van der Waals surface area (Å²) in [5.74, 6) is 0.0604. The Kier molecular flexibility index (Phi) is 4.96. The van der Waals surface area contributed by atoms with Gasteiger partial charge >= 0.3 is 0 Å². The zero-order valence-electron chi connectivity index (χ0n) is 16.7. The number of hydrogen-bond acceptors (Lipinski definition) is 4. The van der Waals surface area contributed by atoms with Gasteiger partial charge in [-0.25, -0.2) is 4.98 Å². The van der Waals surface area contributed by atoms with E-state index in [9.17, 15) is 9.59 Å². The minimum Gasteiger partial charge on any atom is -0.368 e. The van der Waals surface area contributed by atoms with Gasteiger partial charge in [-0.3, -0.25) is 14.2 Å². The molecule has 2 aromatic carbocycles. The molecule has 6 heteroatoms. The molecule has 0 aliphatic rings. The lowest BCUT2D eigenvalue weighted by Gasteiger charge is -2.19. The molecular formula is C23H23N3O2S. The van der Waals surface area contributed by atoms with Crippen molar-refractivity contribution in [1.29, 1.82) is 0 Å². The first-order valence-electron chi connectivity index (χ1n) is 9.69. The largest absolute Gasteiger partial charge is 0.368 e. The third kappa shape index (κ3) is 3.23. The van der Waals surface area contributed by atoms with E-state index in [0.717, 1.165) is 31.6 Å². The molecule has 0 saturated heterocycles. The topological polar surface area (TPSA) is 78.0 Å². The Morgan fingerprint density at radius 1 is 1.17 bits per heavy atom. The van der Waals surface area contributed by atoms with Crippen molar-refractivity contribution in [1.82, 2.24) is 9.55 Å². The van der Waals surface area contributed by atoms with Crippen LogP contribution in [0.25, 0.3) is 21.0 Å². The van der Waals surface area contributed by atoms with Gasteiger partial charge in [0.05, 0.1) is 5.39 Å². The van der Waals surface area contributed by atoms with Crippen molar-refractivity contribution in [2.45, 2.75) is 39.7 Å². The number of nitrogens with two attached hydrogens (primary N) is 1. The lowest BCUT2D eigenvalue weighted by atomic mass is 10.0. The summed E-state index contributed by atoms with van der Waals surface area (Å²) in [5, 5.41) is 2.83. The van der Waals surface area contributed by atoms with E-state index in [4.69, 9.17) is 10.7 Å². The Hall–Kier alpha value is -2.99. The fourth-order valence-corrected chi connectivity index (χ4v) is 4.96. The van der Waals surface area contributed by atoms with Crippen molar-refractivity contribution in [3.8, 4) is 0 Å². The number of aromatic nitrogens is 2. The molecular weight excluding hydrogens is 382 g/mol. The molecule has 0 spiro atoms. The van der Waals surface area contributed by atoms with Crippen LogP contribution >= 0.6 is 11.3 Å². The number of fused-ring (bicyclic) bond motifs is 2. The molecule has 0 aliphatic heterocycles. The second kappa shape index (κ2) is 7.44. The van der Waals surface area contributed by atoms with Crippen molar-refractivity contribution in [2.24, 2.45) is 5.73 Å². The molecule has 1 atom stereocenters. The number of amides is 1. The number of benzene rings is 2. The molecule has 0 aliphatic carbocycles. The van der Waals surface area contributed by atoms with Crippen molar-refractivity contribution >= 4 is 38.2 Å². The van der Waals surface area contributed by atoms with Crippen LogP contribution in [0.3, 0.4) is 0 Å². The molecule has 148 valence electrons. The fraction of sp³-hybridized carbons (Fsp3) is 0.261. The van der Waals surface area contributed by atoms with E-state index in [1.54, 1.807) is 0 Å². The zero-order valence-corrected chi connectivity index (χ0v) is 17.5. The Bertz CT molecular complexity index is 1300. The van der Waals surface area contributed by atoms with Gasteiger partial charge in [-0.15, -0.1) is 11.3 Å². The molecule has 2 heterocycles. The maximum Gasteiger partial charge on any atom is 0.263 e. The van der Waals surface area contributed by atoms with Crippen LogP contribution in [0.4, 0.5) is 0 Å². The lowest BCUT2D eigenvalue weighted by molar-refractivity contribution is -0.121. The van der Waals surface area contributed by atoms with Crippen LogP contribution in [0.5, 0.6) is 0 Å². The van der Waals surface area contributed by atoms with Crippen molar-refractivity contribution < 1.29 is 4.79 Å². The van der Waals surface area contributed by atoms with Gasteiger partial charge in [0.25, 0.3) is 5.56 Å². The number of thiophene rings is 1. The van der Waals surface area contributed by atoms with Crippen LogP contribution in [0.2, 0.25) is 0 Å². The summed E-state index contributed by atoms with van der Waals surface area (Å²) >= 11 is 1.52. The molecule has 0 bridgehead atoms. The molecule has 1 amide bonds. The molecule has 2 N–H and O–H groups in total. The Balaban J connectivity index is 1.99. The monoisotopic (exact) mass is 405 g/mol. The first-order valence-corrected chi connectivity index (χ1v) is 10.5. The summed E-state index contributed by atoms with van der Waals surface area (Å²) in [6.07, 6.45) is 0.888. The number of hydrogen-bond donors (Lipinski definition) is 1. The number of aryl methyl sites for hydroxylation is 2. The average molecular weight is 406 g/mol. The minimum absolute atomic E-state index is 0.183. The lowest BCUT2D eigenvalue weighted by Crippen LogP contribution is -2.36. The molecule has 1 unspecified atom stereocenters. The van der Waals surface area contributed by atoms with Crippen LogP contribution in [-0.4, -0.2) is 15.5 Å². The van der Waals surface area contributed by atoms with Gasteiger partial charge in [0.15, 0.2) is 0 Å². The first-order chi connectivity index (χ1) is 13.9. The standard InChI is InChI=1S/C23H23N3O2S/c1-4-18(21(24)27)26-19(25-22-20(23(26)28)13(2)14(3)29-22)12-16-10-7-9-15-8-5-6-11-17(15)16/h5-11,18H,4,12H2,1-3H3,(H2,24,27). The Morgan fingerprint density at radius 2 is 1.90 bits per heavy atom. The third-order valence-electron chi connectivity index (χ3n) is 5.56. The number of carbonyl (C=O) groups is 1. The molecule has 0 saturated carbocycles. The van der Waals surface area contributed by atoms with Gasteiger partial charge in [0.1, 0.15) is 16.7 Å². The summed E-state index contributed by atoms with van der Waals surface area (Å²) in [6, 6.07) is 13.5. The van der Waals surface area contributed by atoms with Crippen LogP contribution in [0.15, 0.2) is 47.3 Å². The molecule has 4 rings (SSSR count). The van der Waals surface area contributed by atoms with Crippen molar-refractivity contribution in [2.75, 3.05) is 0 Å². The minimum atomic E-state index is -0.719. The number of rotatable bonds is 5. The van der Waals surface area contributed by atoms with Gasteiger partial charge in [0.2, 0.25) is 5.91 Å². The van der Waals surface area contributed by atoms with E-state index in [0.29, 0.717) is 24.1 Å². The van der Waals surface area contributed by atoms with Crippen molar-refractivity contribution in [3.63, 3.8) is 0 Å². The Morgan fingerprint density at radius 3 is 2.62 bits per heavy atom. The molecule has 5 nitrogen and oxygen atoms in total. The highest BCUT2D eigenvalue weighted by Crippen LogP contribution is 2.29. The average Bonchev–Trinajstić information content (AvgIpc) is 2.98. The summed E-state index contributed by atoms with van der Waals surface area (Å²) in [7, 11) is 0. The fourth-order valence-electron chi connectivity index (χ4n) is 3.92. The number of nitrogens with zero attached hydrogens (tertiary/aromatic N) is 2. The smallest absolute Gasteiger partial charge is 0.263 e. The maximum atomic E-state index is 13.5. The predicted molar refractivity (Wildman–Crippen MR) is 119 cm³/mol. The highest BCUT2D eigenvalue weighted by molar-refractivity contribution is 7.18. The van der Waals surface area contributed by atoms with Gasteiger partial charge < -0.3 is 5.73 Å². The summed E-state index contributed by atoms with van der Waals surface area (Å²) in [5.41, 5.74) is 7.47. The van der Waals surface area contributed by atoms with E-state index in [-0.39, 0.29) is 5.56 Å². The summed E-state index contributed by atoms with van der Waals surface area (Å²) in [6.45, 7) is 5.78. The van der Waals surface area contributed by atoms with Crippen LogP contribution in [0, 0.1) is 13.8 Å². The highest BCUT2D eigenvalue weighted by atomic mass is 32.1. The molecule has 0 fully saturated rings. The molecule has 4 aromatic rings. The second-order valence-electron chi connectivity index (χ2n) is 7.31. The first kappa shape index (κ1) is 19.3. The molecule has 0 radical (unpaired) electrons. The summed E-state index contributed by atoms with van der Waals surface area (Å²) < 4.78 is 1.52. The van der Waals surface area contributed by atoms with E-state index < -0.39 is 11.9 Å². The summed E-state index contributed by atoms with van der Waals surface area (Å²) in [4.78, 5) is 32.3. The second-order valence-corrected chi connectivity index (χ2v) is 8.51. The molecule has 29 heavy (non-hydrogen) atoms. The van der Waals surface area contributed by atoms with E-state index in [2.05, 4.69) is 18.2 Å². The van der Waals surface area contributed by atoms with E-state index >= 15 is 0 Å². The maximum absolute atomic E-state index is 13.5. The Labute approximate surface area is 172 Å². The highest BCUT2D eigenvalue weighted by Gasteiger charge is 2.24. The van der Waals surface area contributed by atoms with Gasteiger partial charge in [-0.2, -0.15) is 0 Å².